The standard InChI is InChI=1S/C31H31F7N4O3S/c1-17-8-21(32)6-7-24(17)25-13-27(41-15-23-12-22(41)16-42(23)46(5,44)45)39-14-26(25)40(4)28(43)29(2,3)18-9-19(30(33,34)35)11-20(10-18)31(36,37)38/h6-11,13-14,22-23H,12,15-16H2,1-5H3. The zero-order valence-electron chi connectivity index (χ0n) is 25.5. The molecule has 1 aromatic heterocycles. The number of piperazine rings is 1. The Balaban J connectivity index is 1.57. The van der Waals surface area contributed by atoms with Crippen molar-refractivity contribution >= 4 is 27.4 Å². The molecule has 0 saturated carbocycles. The molecule has 3 aromatic rings. The summed E-state index contributed by atoms with van der Waals surface area (Å²) in [7, 11) is -2.07. The molecule has 2 aliphatic heterocycles. The number of rotatable bonds is 6. The predicted molar refractivity (Wildman–Crippen MR) is 158 cm³/mol. The van der Waals surface area contributed by atoms with E-state index in [0.717, 1.165) is 11.2 Å². The number of fused-ring (bicyclic) bond motifs is 2. The maximum atomic E-state index is 14.1. The summed E-state index contributed by atoms with van der Waals surface area (Å²) in [6, 6.07) is 6.34. The molecular weight excluding hydrogens is 641 g/mol. The Morgan fingerprint density at radius 3 is 1.98 bits per heavy atom. The number of aryl methyl sites for hydroxylation is 1. The average molecular weight is 673 g/mol. The van der Waals surface area contributed by atoms with Crippen LogP contribution in [0.4, 0.5) is 42.2 Å². The number of pyridine rings is 1. The van der Waals surface area contributed by atoms with Gasteiger partial charge in [-0.2, -0.15) is 30.6 Å². The Morgan fingerprint density at radius 2 is 1.48 bits per heavy atom. The van der Waals surface area contributed by atoms with Crippen molar-refractivity contribution in [2.45, 2.75) is 57.0 Å². The number of hydrogen-bond acceptors (Lipinski definition) is 5. The number of aromatic nitrogens is 1. The summed E-state index contributed by atoms with van der Waals surface area (Å²) in [6.07, 6.45) is -7.08. The topological polar surface area (TPSA) is 73.8 Å². The van der Waals surface area contributed by atoms with Crippen molar-refractivity contribution < 1.29 is 43.9 Å². The summed E-state index contributed by atoms with van der Waals surface area (Å²) in [6.45, 7) is 4.75. The molecule has 0 spiro atoms. The lowest BCUT2D eigenvalue weighted by Crippen LogP contribution is -2.48. The molecule has 248 valence electrons. The van der Waals surface area contributed by atoms with Crippen LogP contribution in [0.5, 0.6) is 0 Å². The SMILES string of the molecule is Cc1cc(F)ccc1-c1cc(N2CC3CC2CN3S(C)(=O)=O)ncc1N(C)C(=O)C(C)(C)c1cc(C(F)(F)F)cc(C(F)(F)F)c1. The molecule has 5 rings (SSSR count). The fraction of sp³-hybridized carbons (Fsp3) is 0.419. The molecular formula is C31H31F7N4O3S. The molecule has 15 heteroatoms. The van der Waals surface area contributed by atoms with Crippen molar-refractivity contribution in [3.05, 3.63) is 76.7 Å². The van der Waals surface area contributed by atoms with E-state index in [9.17, 15) is 43.9 Å². The number of sulfonamides is 1. The van der Waals surface area contributed by atoms with Gasteiger partial charge in [-0.3, -0.25) is 4.79 Å². The van der Waals surface area contributed by atoms with E-state index < -0.39 is 56.2 Å². The van der Waals surface area contributed by atoms with Crippen LogP contribution in [0.25, 0.3) is 11.1 Å². The lowest BCUT2D eigenvalue weighted by atomic mass is 9.81. The first-order valence-electron chi connectivity index (χ1n) is 14.2. The fourth-order valence-corrected chi connectivity index (χ4v) is 7.43. The van der Waals surface area contributed by atoms with Gasteiger partial charge >= 0.3 is 12.4 Å². The summed E-state index contributed by atoms with van der Waals surface area (Å²) in [4.78, 5) is 21.6. The summed E-state index contributed by atoms with van der Waals surface area (Å²) in [5.74, 6) is -0.860. The molecule has 0 N–H and O–H groups in total. The third-order valence-electron chi connectivity index (χ3n) is 8.77. The molecule has 2 fully saturated rings. The zero-order chi connectivity index (χ0) is 34.1. The quantitative estimate of drug-likeness (QED) is 0.284. The van der Waals surface area contributed by atoms with Crippen LogP contribution < -0.4 is 9.80 Å². The van der Waals surface area contributed by atoms with Crippen LogP contribution in [0.1, 0.15) is 42.5 Å². The second-order valence-electron chi connectivity index (χ2n) is 12.3. The first-order valence-corrected chi connectivity index (χ1v) is 16.0. The fourth-order valence-electron chi connectivity index (χ4n) is 6.29. The van der Waals surface area contributed by atoms with Gasteiger partial charge in [-0.25, -0.2) is 17.8 Å². The number of likely N-dealkylation sites (N-methyl/N-ethyl adjacent to an activating group) is 1. The molecule has 0 aliphatic carbocycles. The monoisotopic (exact) mass is 672 g/mol. The van der Waals surface area contributed by atoms with Gasteiger partial charge in [0.05, 0.1) is 34.7 Å². The van der Waals surface area contributed by atoms with Gasteiger partial charge in [0.15, 0.2) is 0 Å². The molecule has 46 heavy (non-hydrogen) atoms. The van der Waals surface area contributed by atoms with Gasteiger partial charge in [0.1, 0.15) is 11.6 Å². The summed E-state index contributed by atoms with van der Waals surface area (Å²) in [5.41, 5.74) is -3.83. The first kappa shape index (κ1) is 33.6. The number of amides is 1. The smallest absolute Gasteiger partial charge is 0.351 e. The second kappa shape index (κ2) is 11.2. The van der Waals surface area contributed by atoms with E-state index >= 15 is 0 Å². The van der Waals surface area contributed by atoms with E-state index in [1.165, 1.54) is 49.6 Å². The number of anilines is 2. The molecule has 2 aliphatic rings. The Labute approximate surface area is 261 Å². The average Bonchev–Trinajstić information content (AvgIpc) is 3.57. The predicted octanol–water partition coefficient (Wildman–Crippen LogP) is 6.40. The van der Waals surface area contributed by atoms with E-state index in [2.05, 4.69) is 4.98 Å². The van der Waals surface area contributed by atoms with Crippen molar-refractivity contribution in [2.24, 2.45) is 0 Å². The Bertz CT molecular complexity index is 1780. The minimum absolute atomic E-state index is 0.00595. The Hall–Kier alpha value is -3.72. The number of benzene rings is 2. The number of hydrogen-bond donors (Lipinski definition) is 0. The third-order valence-corrected chi connectivity index (χ3v) is 10.1. The highest BCUT2D eigenvalue weighted by molar-refractivity contribution is 7.88. The van der Waals surface area contributed by atoms with Gasteiger partial charge in [-0.1, -0.05) is 6.07 Å². The van der Waals surface area contributed by atoms with E-state index in [1.54, 1.807) is 13.0 Å². The van der Waals surface area contributed by atoms with Crippen molar-refractivity contribution in [2.75, 3.05) is 36.2 Å². The van der Waals surface area contributed by atoms with Crippen LogP contribution in [0.15, 0.2) is 48.7 Å². The Kier molecular flexibility index (Phi) is 8.20. The van der Waals surface area contributed by atoms with Crippen LogP contribution in [0.3, 0.4) is 0 Å². The molecule has 2 unspecified atom stereocenters. The summed E-state index contributed by atoms with van der Waals surface area (Å²) < 4.78 is 122. The van der Waals surface area contributed by atoms with E-state index in [4.69, 9.17) is 0 Å². The molecule has 2 aromatic carbocycles. The van der Waals surface area contributed by atoms with Gasteiger partial charge in [0.2, 0.25) is 15.9 Å². The number of carbonyl (C=O) groups excluding carboxylic acids is 1. The van der Waals surface area contributed by atoms with Crippen molar-refractivity contribution in [3.63, 3.8) is 0 Å². The summed E-state index contributed by atoms with van der Waals surface area (Å²) in [5, 5.41) is 0. The van der Waals surface area contributed by atoms with Crippen molar-refractivity contribution in [1.29, 1.82) is 0 Å². The van der Waals surface area contributed by atoms with Crippen LogP contribution >= 0.6 is 0 Å². The third kappa shape index (κ3) is 6.18. The lowest BCUT2D eigenvalue weighted by molar-refractivity contribution is -0.143. The van der Waals surface area contributed by atoms with Gasteiger partial charge in [-0.05, 0) is 80.3 Å². The number of nitrogens with zero attached hydrogens (tertiary/aromatic N) is 4. The molecule has 3 heterocycles. The highest BCUT2D eigenvalue weighted by Crippen LogP contribution is 2.42. The highest BCUT2D eigenvalue weighted by Gasteiger charge is 2.47. The first-order chi connectivity index (χ1) is 21.1. The molecule has 7 nitrogen and oxygen atoms in total. The largest absolute Gasteiger partial charge is 0.416 e. The molecule has 2 saturated heterocycles. The minimum Gasteiger partial charge on any atom is -0.351 e. The van der Waals surface area contributed by atoms with Gasteiger partial charge in [0.25, 0.3) is 0 Å². The van der Waals surface area contributed by atoms with Crippen LogP contribution in [-0.4, -0.2) is 62.1 Å². The van der Waals surface area contributed by atoms with E-state index in [1.807, 2.05) is 4.90 Å². The number of carbonyl (C=O) groups is 1. The lowest BCUT2D eigenvalue weighted by Gasteiger charge is -2.35. The zero-order valence-corrected chi connectivity index (χ0v) is 26.3. The summed E-state index contributed by atoms with van der Waals surface area (Å²) >= 11 is 0. The van der Waals surface area contributed by atoms with Crippen LogP contribution in [-0.2, 0) is 32.6 Å². The minimum atomic E-state index is -5.10. The van der Waals surface area contributed by atoms with Crippen LogP contribution in [0.2, 0.25) is 0 Å². The maximum Gasteiger partial charge on any atom is 0.416 e. The molecule has 0 radical (unpaired) electrons. The van der Waals surface area contributed by atoms with Gasteiger partial charge in [-0.15, -0.1) is 0 Å². The molecule has 1 amide bonds. The van der Waals surface area contributed by atoms with E-state index in [-0.39, 0.29) is 30.4 Å². The Morgan fingerprint density at radius 1 is 0.891 bits per heavy atom. The van der Waals surface area contributed by atoms with Crippen LogP contribution in [0, 0.1) is 12.7 Å². The number of halogens is 7. The molecule has 2 atom stereocenters. The number of alkyl halides is 6. The normalized spacial score (nSPS) is 19.2. The van der Waals surface area contributed by atoms with Gasteiger partial charge in [0, 0.05) is 37.8 Å². The highest BCUT2D eigenvalue weighted by atomic mass is 32.2. The second-order valence-corrected chi connectivity index (χ2v) is 14.3. The molecule has 2 bridgehead atoms. The van der Waals surface area contributed by atoms with E-state index in [0.29, 0.717) is 47.6 Å². The van der Waals surface area contributed by atoms with Crippen molar-refractivity contribution in [1.82, 2.24) is 9.29 Å². The van der Waals surface area contributed by atoms with Gasteiger partial charge < -0.3 is 9.80 Å². The maximum absolute atomic E-state index is 14.1. The van der Waals surface area contributed by atoms with Crippen molar-refractivity contribution in [3.8, 4) is 11.1 Å².